The number of carbonyl (C=O) groups excluding carboxylic acids is 1. The number of aromatic nitrogens is 3. The van der Waals surface area contributed by atoms with Crippen LogP contribution < -0.4 is 10.1 Å². The van der Waals surface area contributed by atoms with Crippen LogP contribution in [-0.2, 0) is 11.2 Å². The average molecular weight is 336 g/mol. The molecule has 6 nitrogen and oxygen atoms in total. The first-order valence-electron chi connectivity index (χ1n) is 8.12. The highest BCUT2D eigenvalue weighted by molar-refractivity contribution is 5.93. The third-order valence-electron chi connectivity index (χ3n) is 3.88. The van der Waals surface area contributed by atoms with E-state index in [-0.39, 0.29) is 11.9 Å². The molecule has 3 rings (SSSR count). The van der Waals surface area contributed by atoms with Crippen molar-refractivity contribution in [1.82, 2.24) is 14.5 Å². The van der Waals surface area contributed by atoms with Gasteiger partial charge in [-0.1, -0.05) is 0 Å². The summed E-state index contributed by atoms with van der Waals surface area (Å²) in [6.45, 7) is 2.42. The Hall–Kier alpha value is -3.15. The van der Waals surface area contributed by atoms with E-state index in [2.05, 4.69) is 15.3 Å². The van der Waals surface area contributed by atoms with Gasteiger partial charge >= 0.3 is 0 Å². The Kier molecular flexibility index (Phi) is 5.41. The Morgan fingerprint density at radius 2 is 1.88 bits per heavy atom. The van der Waals surface area contributed by atoms with Crippen LogP contribution in [0.5, 0.6) is 5.75 Å². The molecule has 1 N–H and O–H groups in total. The van der Waals surface area contributed by atoms with Crippen LogP contribution in [-0.4, -0.2) is 27.0 Å². The van der Waals surface area contributed by atoms with Crippen LogP contribution in [0.4, 0.5) is 5.69 Å². The fourth-order valence-corrected chi connectivity index (χ4v) is 2.35. The van der Waals surface area contributed by atoms with Gasteiger partial charge in [0.25, 0.3) is 0 Å². The summed E-state index contributed by atoms with van der Waals surface area (Å²) in [4.78, 5) is 20.2. The zero-order valence-electron chi connectivity index (χ0n) is 14.0. The number of carbonyl (C=O) groups is 1. The Morgan fingerprint density at radius 1 is 1.12 bits per heavy atom. The second-order valence-corrected chi connectivity index (χ2v) is 5.65. The maximum atomic E-state index is 12.2. The summed E-state index contributed by atoms with van der Waals surface area (Å²) < 4.78 is 7.49. The van der Waals surface area contributed by atoms with Crippen LogP contribution in [0.25, 0.3) is 0 Å². The fraction of sp³-hybridized carbons (Fsp3) is 0.211. The van der Waals surface area contributed by atoms with E-state index in [9.17, 15) is 4.79 Å². The van der Waals surface area contributed by atoms with E-state index in [0.29, 0.717) is 6.61 Å². The first kappa shape index (κ1) is 16.7. The van der Waals surface area contributed by atoms with E-state index in [1.165, 1.54) is 5.56 Å². The van der Waals surface area contributed by atoms with E-state index in [1.54, 1.807) is 35.7 Å². The van der Waals surface area contributed by atoms with Gasteiger partial charge < -0.3 is 14.6 Å². The maximum absolute atomic E-state index is 12.2. The van der Waals surface area contributed by atoms with E-state index in [4.69, 9.17) is 4.74 Å². The van der Waals surface area contributed by atoms with Gasteiger partial charge in [-0.15, -0.1) is 0 Å². The molecular weight excluding hydrogens is 316 g/mol. The van der Waals surface area contributed by atoms with Crippen LogP contribution in [0.1, 0.15) is 18.5 Å². The highest BCUT2D eigenvalue weighted by Crippen LogP contribution is 2.17. The molecule has 1 unspecified atom stereocenters. The van der Waals surface area contributed by atoms with Crippen molar-refractivity contribution in [2.45, 2.75) is 19.4 Å². The molecule has 0 aliphatic rings. The topological polar surface area (TPSA) is 69.0 Å². The van der Waals surface area contributed by atoms with Gasteiger partial charge in [0.15, 0.2) is 0 Å². The van der Waals surface area contributed by atoms with Crippen molar-refractivity contribution < 1.29 is 9.53 Å². The monoisotopic (exact) mass is 336 g/mol. The molecule has 0 saturated carbocycles. The number of rotatable bonds is 7. The molecular formula is C19H20N4O2. The smallest absolute Gasteiger partial charge is 0.247 e. The summed E-state index contributed by atoms with van der Waals surface area (Å²) in [5, 5.41) is 2.89. The van der Waals surface area contributed by atoms with Crippen LogP contribution in [0.3, 0.4) is 0 Å². The number of imidazole rings is 1. The van der Waals surface area contributed by atoms with Crippen LogP contribution >= 0.6 is 0 Å². The predicted molar refractivity (Wildman–Crippen MR) is 95.4 cm³/mol. The summed E-state index contributed by atoms with van der Waals surface area (Å²) in [6.07, 6.45) is 9.43. The summed E-state index contributed by atoms with van der Waals surface area (Å²) >= 11 is 0. The number of nitrogens with one attached hydrogen (secondary N) is 1. The molecule has 0 aliphatic carbocycles. The number of benzene rings is 1. The molecule has 0 spiro atoms. The molecule has 3 aromatic rings. The second-order valence-electron chi connectivity index (χ2n) is 5.65. The molecule has 25 heavy (non-hydrogen) atoms. The van der Waals surface area contributed by atoms with Gasteiger partial charge in [0.1, 0.15) is 11.8 Å². The molecule has 0 saturated heterocycles. The summed E-state index contributed by atoms with van der Waals surface area (Å²) in [7, 11) is 0. The number of hydrogen-bond donors (Lipinski definition) is 1. The number of nitrogens with zero attached hydrogens (tertiary/aromatic N) is 3. The largest absolute Gasteiger partial charge is 0.493 e. The van der Waals surface area contributed by atoms with Gasteiger partial charge in [-0.25, -0.2) is 4.98 Å². The molecule has 128 valence electrons. The molecule has 1 amide bonds. The van der Waals surface area contributed by atoms with Crippen molar-refractivity contribution in [3.63, 3.8) is 0 Å². The molecule has 2 aromatic heterocycles. The summed E-state index contributed by atoms with van der Waals surface area (Å²) in [5.74, 6) is 0.680. The lowest BCUT2D eigenvalue weighted by atomic mass is 10.2. The molecule has 0 radical (unpaired) electrons. The van der Waals surface area contributed by atoms with Gasteiger partial charge in [-0.05, 0) is 48.9 Å². The average Bonchev–Trinajstić information content (AvgIpc) is 3.18. The van der Waals surface area contributed by atoms with E-state index in [1.807, 2.05) is 43.3 Å². The molecule has 1 aromatic carbocycles. The third kappa shape index (κ3) is 4.67. The third-order valence-corrected chi connectivity index (χ3v) is 3.88. The van der Waals surface area contributed by atoms with Crippen molar-refractivity contribution in [3.05, 3.63) is 73.1 Å². The van der Waals surface area contributed by atoms with Crippen molar-refractivity contribution >= 4 is 11.6 Å². The van der Waals surface area contributed by atoms with E-state index in [0.717, 1.165) is 17.9 Å². The number of amides is 1. The minimum Gasteiger partial charge on any atom is -0.493 e. The second kappa shape index (κ2) is 8.10. The summed E-state index contributed by atoms with van der Waals surface area (Å²) in [5.41, 5.74) is 1.92. The Labute approximate surface area is 146 Å². The molecule has 0 bridgehead atoms. The highest BCUT2D eigenvalue weighted by atomic mass is 16.5. The Bertz CT molecular complexity index is 786. The zero-order chi connectivity index (χ0) is 17.5. The number of anilines is 1. The quantitative estimate of drug-likeness (QED) is 0.720. The van der Waals surface area contributed by atoms with Gasteiger partial charge in [0.2, 0.25) is 5.91 Å². The van der Waals surface area contributed by atoms with E-state index < -0.39 is 0 Å². The molecule has 0 aliphatic heterocycles. The Morgan fingerprint density at radius 3 is 2.56 bits per heavy atom. The maximum Gasteiger partial charge on any atom is 0.247 e. The zero-order valence-corrected chi connectivity index (χ0v) is 14.0. The number of hydrogen-bond acceptors (Lipinski definition) is 4. The fourth-order valence-electron chi connectivity index (χ4n) is 2.35. The first-order chi connectivity index (χ1) is 12.2. The van der Waals surface area contributed by atoms with Crippen molar-refractivity contribution in [1.29, 1.82) is 0 Å². The lowest BCUT2D eigenvalue weighted by Crippen LogP contribution is -2.22. The lowest BCUT2D eigenvalue weighted by Gasteiger charge is -2.13. The molecule has 1 atom stereocenters. The van der Waals surface area contributed by atoms with Crippen LogP contribution in [0.15, 0.2) is 67.5 Å². The number of pyridine rings is 1. The van der Waals surface area contributed by atoms with E-state index >= 15 is 0 Å². The van der Waals surface area contributed by atoms with Gasteiger partial charge in [0.05, 0.1) is 12.9 Å². The minimum absolute atomic E-state index is 0.0932. The van der Waals surface area contributed by atoms with Crippen molar-refractivity contribution in [2.24, 2.45) is 0 Å². The van der Waals surface area contributed by atoms with Gasteiger partial charge in [-0.2, -0.15) is 0 Å². The van der Waals surface area contributed by atoms with Crippen LogP contribution in [0.2, 0.25) is 0 Å². The minimum atomic E-state index is -0.321. The SMILES string of the molecule is CC(C(=O)Nc1ccc(OCCc2ccncc2)cc1)n1ccnc1. The number of ether oxygens (including phenoxy) is 1. The van der Waals surface area contributed by atoms with Crippen molar-refractivity contribution in [3.8, 4) is 5.75 Å². The summed E-state index contributed by atoms with van der Waals surface area (Å²) in [6, 6.07) is 11.0. The molecule has 0 fully saturated rings. The molecule has 2 heterocycles. The Balaban J connectivity index is 1.49. The standard InChI is InChI=1S/C19H20N4O2/c1-15(23-12-11-21-14-23)19(24)22-17-2-4-18(5-3-17)25-13-8-16-6-9-20-10-7-16/h2-7,9-12,14-15H,8,13H2,1H3,(H,22,24). The first-order valence-corrected chi connectivity index (χ1v) is 8.12. The van der Waals surface area contributed by atoms with Crippen LogP contribution in [0, 0.1) is 0 Å². The van der Waals surface area contributed by atoms with Gasteiger partial charge in [-0.3, -0.25) is 9.78 Å². The van der Waals surface area contributed by atoms with Gasteiger partial charge in [0, 0.05) is 36.9 Å². The highest BCUT2D eigenvalue weighted by Gasteiger charge is 2.14. The molecule has 6 heteroatoms. The predicted octanol–water partition coefficient (Wildman–Crippen LogP) is 3.10. The van der Waals surface area contributed by atoms with Crippen molar-refractivity contribution in [2.75, 3.05) is 11.9 Å². The lowest BCUT2D eigenvalue weighted by molar-refractivity contribution is -0.118. The normalized spacial score (nSPS) is 11.7.